The predicted octanol–water partition coefficient (Wildman–Crippen LogP) is 0.127. The Hall–Kier alpha value is -0.410. The molecule has 3 saturated heterocycles. The molecule has 12 heavy (non-hydrogen) atoms. The first-order chi connectivity index (χ1) is 5.90. The average Bonchev–Trinajstić information content (AvgIpc) is 2.17. The zero-order valence-corrected chi connectivity index (χ0v) is 7.25. The molecule has 0 aromatic rings. The van der Waals surface area contributed by atoms with Gasteiger partial charge in [-0.1, -0.05) is 0 Å². The van der Waals surface area contributed by atoms with Gasteiger partial charge in [0.25, 0.3) is 0 Å². The monoisotopic (exact) mass is 167 g/mol. The molecule has 0 amide bonds. The van der Waals surface area contributed by atoms with Crippen molar-refractivity contribution in [2.45, 2.75) is 25.4 Å². The molecule has 3 aliphatic rings. The summed E-state index contributed by atoms with van der Waals surface area (Å²) in [7, 11) is 0. The number of hydrogen-bond acceptors (Lipinski definition) is 3. The highest BCUT2D eigenvalue weighted by molar-refractivity contribution is 5.52. The maximum Gasteiger partial charge on any atom is 0.213 e. The highest BCUT2D eigenvalue weighted by Crippen LogP contribution is 2.30. The minimum absolute atomic E-state index is 0.383. The standard InChI is InChI=1S/C9H15N2O/c12-6-3-10-9-7-8-1-4-11(9)5-2-8/h8-10H,1-5,7H2. The molecule has 1 atom stereocenters. The third-order valence-corrected chi connectivity index (χ3v) is 3.06. The maximum absolute atomic E-state index is 10.0. The van der Waals surface area contributed by atoms with Crippen molar-refractivity contribution in [1.29, 1.82) is 0 Å². The Balaban J connectivity index is 1.86. The van der Waals surface area contributed by atoms with Crippen LogP contribution >= 0.6 is 0 Å². The summed E-state index contributed by atoms with van der Waals surface area (Å²) in [5, 5.41) is 3.20. The molecule has 0 spiro atoms. The summed E-state index contributed by atoms with van der Waals surface area (Å²) in [6.45, 7) is 2.80. The lowest BCUT2D eigenvalue weighted by atomic mass is 9.86. The number of nitrogens with zero attached hydrogens (tertiary/aromatic N) is 1. The molecule has 3 fully saturated rings. The Morgan fingerprint density at radius 2 is 2.17 bits per heavy atom. The fraction of sp³-hybridized carbons (Fsp3) is 0.889. The minimum atomic E-state index is 0.383. The SMILES string of the molecule is O=[C]CNC1CC2CCN1CC2. The number of piperidine rings is 3. The van der Waals surface area contributed by atoms with Crippen LogP contribution in [0.25, 0.3) is 0 Å². The van der Waals surface area contributed by atoms with Crippen LogP contribution in [0.2, 0.25) is 0 Å². The molecule has 67 valence electrons. The Labute approximate surface area is 73.1 Å². The Kier molecular flexibility index (Phi) is 2.42. The van der Waals surface area contributed by atoms with Crippen LogP contribution in [0.15, 0.2) is 0 Å². The van der Waals surface area contributed by atoms with E-state index in [1.165, 1.54) is 32.4 Å². The molecule has 3 heteroatoms. The predicted molar refractivity (Wildman–Crippen MR) is 46.4 cm³/mol. The number of fused-ring (bicyclic) bond motifs is 3. The van der Waals surface area contributed by atoms with Crippen LogP contribution in [-0.2, 0) is 4.79 Å². The summed E-state index contributed by atoms with van der Waals surface area (Å²) in [5.41, 5.74) is 0. The van der Waals surface area contributed by atoms with Crippen molar-refractivity contribution in [3.05, 3.63) is 0 Å². The molecule has 1 N–H and O–H groups in total. The summed E-state index contributed by atoms with van der Waals surface area (Å²) in [6, 6.07) is 0. The molecule has 1 radical (unpaired) electrons. The summed E-state index contributed by atoms with van der Waals surface area (Å²) in [5.74, 6) is 0.902. The highest BCUT2D eigenvalue weighted by Gasteiger charge is 2.32. The van der Waals surface area contributed by atoms with E-state index in [9.17, 15) is 4.79 Å². The van der Waals surface area contributed by atoms with E-state index >= 15 is 0 Å². The van der Waals surface area contributed by atoms with Gasteiger partial charge in [0, 0.05) is 0 Å². The topological polar surface area (TPSA) is 32.3 Å². The summed E-state index contributed by atoms with van der Waals surface area (Å²) < 4.78 is 0. The molecule has 3 aliphatic heterocycles. The van der Waals surface area contributed by atoms with Crippen LogP contribution in [0.5, 0.6) is 0 Å². The minimum Gasteiger partial charge on any atom is -0.294 e. The smallest absolute Gasteiger partial charge is 0.213 e. The Morgan fingerprint density at radius 1 is 1.42 bits per heavy atom. The van der Waals surface area contributed by atoms with Gasteiger partial charge in [-0.2, -0.15) is 0 Å². The van der Waals surface area contributed by atoms with E-state index in [0.29, 0.717) is 12.7 Å². The summed E-state index contributed by atoms with van der Waals surface area (Å²) in [4.78, 5) is 12.5. The van der Waals surface area contributed by atoms with Gasteiger partial charge in [0.15, 0.2) is 0 Å². The van der Waals surface area contributed by atoms with E-state index in [1.54, 1.807) is 0 Å². The van der Waals surface area contributed by atoms with E-state index < -0.39 is 0 Å². The molecule has 0 saturated carbocycles. The van der Waals surface area contributed by atoms with Gasteiger partial charge >= 0.3 is 0 Å². The second kappa shape index (κ2) is 3.54. The molecule has 3 rings (SSSR count). The molecular formula is C9H15N2O. The highest BCUT2D eigenvalue weighted by atomic mass is 16.1. The Morgan fingerprint density at radius 3 is 2.67 bits per heavy atom. The lowest BCUT2D eigenvalue weighted by Gasteiger charge is -2.45. The molecule has 0 aliphatic carbocycles. The van der Waals surface area contributed by atoms with Crippen LogP contribution < -0.4 is 5.32 Å². The van der Waals surface area contributed by atoms with Crippen molar-refractivity contribution in [3.63, 3.8) is 0 Å². The van der Waals surface area contributed by atoms with E-state index in [2.05, 4.69) is 10.2 Å². The van der Waals surface area contributed by atoms with Crippen molar-refractivity contribution >= 4 is 6.29 Å². The third kappa shape index (κ3) is 1.52. The first kappa shape index (κ1) is 8.20. The summed E-state index contributed by atoms with van der Waals surface area (Å²) >= 11 is 0. The van der Waals surface area contributed by atoms with Gasteiger partial charge in [-0.05, 0) is 38.3 Å². The maximum atomic E-state index is 10.0. The lowest BCUT2D eigenvalue weighted by Crippen LogP contribution is -2.55. The number of carbonyl (C=O) groups excluding carboxylic acids is 1. The largest absolute Gasteiger partial charge is 0.294 e. The van der Waals surface area contributed by atoms with Crippen molar-refractivity contribution < 1.29 is 4.79 Å². The van der Waals surface area contributed by atoms with Gasteiger partial charge in [-0.15, -0.1) is 0 Å². The molecule has 3 nitrogen and oxygen atoms in total. The van der Waals surface area contributed by atoms with Crippen molar-refractivity contribution in [2.24, 2.45) is 5.92 Å². The lowest BCUT2D eigenvalue weighted by molar-refractivity contribution is 0.0339. The number of hydrogen-bond donors (Lipinski definition) is 1. The second-order valence-corrected chi connectivity index (χ2v) is 3.76. The molecule has 1 unspecified atom stereocenters. The molecule has 0 aromatic heterocycles. The average molecular weight is 167 g/mol. The second-order valence-electron chi connectivity index (χ2n) is 3.76. The van der Waals surface area contributed by atoms with Gasteiger partial charge in [-0.25, -0.2) is 0 Å². The zero-order valence-electron chi connectivity index (χ0n) is 7.25. The van der Waals surface area contributed by atoms with Crippen LogP contribution in [0.4, 0.5) is 0 Å². The fourth-order valence-electron chi connectivity index (χ4n) is 2.34. The van der Waals surface area contributed by atoms with Gasteiger partial charge in [-0.3, -0.25) is 15.0 Å². The zero-order chi connectivity index (χ0) is 8.39. The van der Waals surface area contributed by atoms with E-state index in [0.717, 1.165) is 5.92 Å². The van der Waals surface area contributed by atoms with Crippen LogP contribution in [-0.4, -0.2) is 37.0 Å². The van der Waals surface area contributed by atoms with Crippen molar-refractivity contribution in [1.82, 2.24) is 10.2 Å². The quantitative estimate of drug-likeness (QED) is 0.648. The third-order valence-electron chi connectivity index (χ3n) is 3.06. The molecule has 2 bridgehead atoms. The van der Waals surface area contributed by atoms with Crippen LogP contribution in [0.1, 0.15) is 19.3 Å². The Bertz CT molecular complexity index is 164. The van der Waals surface area contributed by atoms with E-state index in [-0.39, 0.29) is 0 Å². The van der Waals surface area contributed by atoms with E-state index in [1.807, 2.05) is 6.29 Å². The van der Waals surface area contributed by atoms with Gasteiger partial charge in [0.2, 0.25) is 6.29 Å². The first-order valence-electron chi connectivity index (χ1n) is 4.72. The molecule has 3 heterocycles. The van der Waals surface area contributed by atoms with Gasteiger partial charge in [0.05, 0.1) is 12.7 Å². The molecular weight excluding hydrogens is 152 g/mol. The van der Waals surface area contributed by atoms with Gasteiger partial charge in [0.1, 0.15) is 0 Å². The normalized spacial score (nSPS) is 39.8. The first-order valence-corrected chi connectivity index (χ1v) is 4.72. The van der Waals surface area contributed by atoms with Crippen molar-refractivity contribution in [2.75, 3.05) is 19.6 Å². The van der Waals surface area contributed by atoms with Crippen LogP contribution in [0.3, 0.4) is 0 Å². The number of rotatable bonds is 3. The van der Waals surface area contributed by atoms with Crippen LogP contribution in [0, 0.1) is 5.92 Å². The molecule has 0 aromatic carbocycles. The van der Waals surface area contributed by atoms with Crippen molar-refractivity contribution in [3.8, 4) is 0 Å². The van der Waals surface area contributed by atoms with Gasteiger partial charge < -0.3 is 0 Å². The fourth-order valence-corrected chi connectivity index (χ4v) is 2.34. The summed E-state index contributed by atoms with van der Waals surface area (Å²) in [6.07, 6.45) is 6.27. The van der Waals surface area contributed by atoms with E-state index in [4.69, 9.17) is 0 Å². The number of nitrogens with one attached hydrogen (secondary N) is 1.